The predicted molar refractivity (Wildman–Crippen MR) is 89.8 cm³/mol. The van der Waals surface area contributed by atoms with Gasteiger partial charge < -0.3 is 9.84 Å². The summed E-state index contributed by atoms with van der Waals surface area (Å²) in [5.74, 6) is 1.15. The van der Waals surface area contributed by atoms with Crippen molar-refractivity contribution in [3.63, 3.8) is 0 Å². The number of carbonyl (C=O) groups is 1. The van der Waals surface area contributed by atoms with Crippen LogP contribution in [0.1, 0.15) is 17.5 Å². The standard InChI is InChI=1S/C18H20O3S/c1-21-16-8-10-17(11-9-16)22-12-2-3-14-4-6-15(7-5-14)13-18(19)20/h4-11H,2-3,12-13H2,1H3,(H,19,20). The molecule has 0 spiro atoms. The zero-order valence-electron chi connectivity index (χ0n) is 12.6. The van der Waals surface area contributed by atoms with Gasteiger partial charge in [-0.05, 0) is 54.0 Å². The van der Waals surface area contributed by atoms with Crippen LogP contribution in [-0.2, 0) is 17.6 Å². The normalized spacial score (nSPS) is 10.4. The number of carboxylic acids is 1. The largest absolute Gasteiger partial charge is 0.497 e. The molecule has 0 aliphatic heterocycles. The predicted octanol–water partition coefficient (Wildman–Crippen LogP) is 4.05. The van der Waals surface area contributed by atoms with E-state index in [1.165, 1.54) is 10.5 Å². The summed E-state index contributed by atoms with van der Waals surface area (Å²) < 4.78 is 5.14. The van der Waals surface area contributed by atoms with Gasteiger partial charge >= 0.3 is 5.97 Å². The Kier molecular flexibility index (Phi) is 6.34. The van der Waals surface area contributed by atoms with Crippen LogP contribution in [0.4, 0.5) is 0 Å². The number of carboxylic acid groups (broad SMARTS) is 1. The molecule has 0 aliphatic rings. The van der Waals surface area contributed by atoms with Gasteiger partial charge in [-0.1, -0.05) is 24.3 Å². The molecule has 0 aromatic heterocycles. The molecule has 0 aliphatic carbocycles. The van der Waals surface area contributed by atoms with Crippen LogP contribution < -0.4 is 4.74 Å². The van der Waals surface area contributed by atoms with Gasteiger partial charge in [0.2, 0.25) is 0 Å². The van der Waals surface area contributed by atoms with Crippen molar-refractivity contribution in [2.45, 2.75) is 24.2 Å². The van der Waals surface area contributed by atoms with Crippen molar-refractivity contribution >= 4 is 17.7 Å². The van der Waals surface area contributed by atoms with Crippen LogP contribution in [0.2, 0.25) is 0 Å². The Morgan fingerprint density at radius 2 is 1.68 bits per heavy atom. The summed E-state index contributed by atoms with van der Waals surface area (Å²) in [4.78, 5) is 11.9. The lowest BCUT2D eigenvalue weighted by atomic mass is 10.1. The third-order valence-electron chi connectivity index (χ3n) is 3.32. The average molecular weight is 316 g/mol. The molecule has 2 aromatic rings. The summed E-state index contributed by atoms with van der Waals surface area (Å²) in [6, 6.07) is 16.0. The summed E-state index contributed by atoms with van der Waals surface area (Å²) in [6.07, 6.45) is 2.19. The van der Waals surface area contributed by atoms with E-state index in [-0.39, 0.29) is 6.42 Å². The quantitative estimate of drug-likeness (QED) is 0.589. The average Bonchev–Trinajstić information content (AvgIpc) is 2.53. The molecule has 0 radical (unpaired) electrons. The van der Waals surface area contributed by atoms with E-state index < -0.39 is 5.97 Å². The van der Waals surface area contributed by atoms with Gasteiger partial charge in [-0.25, -0.2) is 0 Å². The van der Waals surface area contributed by atoms with Gasteiger partial charge in [0, 0.05) is 4.90 Å². The molecule has 3 nitrogen and oxygen atoms in total. The van der Waals surface area contributed by atoms with Gasteiger partial charge in [0.1, 0.15) is 5.75 Å². The number of benzene rings is 2. The van der Waals surface area contributed by atoms with Crippen LogP contribution in [0.25, 0.3) is 0 Å². The van der Waals surface area contributed by atoms with Gasteiger partial charge in [0.15, 0.2) is 0 Å². The lowest BCUT2D eigenvalue weighted by Gasteiger charge is -2.05. The Morgan fingerprint density at radius 3 is 2.27 bits per heavy atom. The van der Waals surface area contributed by atoms with E-state index in [4.69, 9.17) is 9.84 Å². The maximum absolute atomic E-state index is 10.6. The van der Waals surface area contributed by atoms with Crippen LogP contribution in [0.5, 0.6) is 5.75 Å². The number of hydrogen-bond acceptors (Lipinski definition) is 3. The molecule has 2 rings (SSSR count). The minimum atomic E-state index is -0.788. The van der Waals surface area contributed by atoms with Gasteiger partial charge in [-0.3, -0.25) is 4.79 Å². The van der Waals surface area contributed by atoms with E-state index in [0.717, 1.165) is 29.9 Å². The first kappa shape index (κ1) is 16.4. The lowest BCUT2D eigenvalue weighted by molar-refractivity contribution is -0.136. The molecule has 4 heteroatoms. The highest BCUT2D eigenvalue weighted by Gasteiger charge is 2.01. The molecule has 0 fully saturated rings. The van der Waals surface area contributed by atoms with Crippen molar-refractivity contribution in [2.75, 3.05) is 12.9 Å². The van der Waals surface area contributed by atoms with E-state index in [1.54, 1.807) is 7.11 Å². The first-order valence-electron chi connectivity index (χ1n) is 7.24. The first-order chi connectivity index (χ1) is 10.7. The fraction of sp³-hybridized carbons (Fsp3) is 0.278. The summed E-state index contributed by atoms with van der Waals surface area (Å²) in [6.45, 7) is 0. The summed E-state index contributed by atoms with van der Waals surface area (Å²) in [5, 5.41) is 8.74. The number of ether oxygens (including phenoxy) is 1. The molecule has 2 aromatic carbocycles. The van der Waals surface area contributed by atoms with Gasteiger partial charge in [-0.2, -0.15) is 0 Å². The van der Waals surface area contributed by atoms with E-state index in [1.807, 2.05) is 48.2 Å². The van der Waals surface area contributed by atoms with Gasteiger partial charge in [0.05, 0.1) is 13.5 Å². The molecular weight excluding hydrogens is 296 g/mol. The molecule has 116 valence electrons. The van der Waals surface area contributed by atoms with E-state index >= 15 is 0 Å². The molecule has 0 saturated heterocycles. The third kappa shape index (κ3) is 5.45. The zero-order chi connectivity index (χ0) is 15.8. The van der Waals surface area contributed by atoms with E-state index in [0.29, 0.717) is 0 Å². The molecule has 1 N–H and O–H groups in total. The second kappa shape index (κ2) is 8.49. The van der Waals surface area contributed by atoms with Crippen LogP contribution >= 0.6 is 11.8 Å². The first-order valence-corrected chi connectivity index (χ1v) is 8.22. The van der Waals surface area contributed by atoms with Crippen molar-refractivity contribution < 1.29 is 14.6 Å². The van der Waals surface area contributed by atoms with Crippen molar-refractivity contribution in [1.82, 2.24) is 0 Å². The second-order valence-electron chi connectivity index (χ2n) is 5.01. The molecule has 0 heterocycles. The van der Waals surface area contributed by atoms with Crippen molar-refractivity contribution in [3.8, 4) is 5.75 Å². The fourth-order valence-corrected chi connectivity index (χ4v) is 2.99. The highest BCUT2D eigenvalue weighted by molar-refractivity contribution is 7.99. The highest BCUT2D eigenvalue weighted by atomic mass is 32.2. The van der Waals surface area contributed by atoms with Crippen molar-refractivity contribution in [1.29, 1.82) is 0 Å². The van der Waals surface area contributed by atoms with Crippen LogP contribution in [-0.4, -0.2) is 23.9 Å². The molecule has 0 unspecified atom stereocenters. The Balaban J connectivity index is 1.72. The summed E-state index contributed by atoms with van der Waals surface area (Å²) in [5.41, 5.74) is 2.10. The third-order valence-corrected chi connectivity index (χ3v) is 4.41. The van der Waals surface area contributed by atoms with Crippen molar-refractivity contribution in [2.24, 2.45) is 0 Å². The molecular formula is C18H20O3S. The SMILES string of the molecule is COc1ccc(SCCCc2ccc(CC(=O)O)cc2)cc1. The van der Waals surface area contributed by atoms with Crippen LogP contribution in [0.3, 0.4) is 0 Å². The monoisotopic (exact) mass is 316 g/mol. The summed E-state index contributed by atoms with van der Waals surface area (Å²) in [7, 11) is 1.67. The number of thioether (sulfide) groups is 1. The van der Waals surface area contributed by atoms with E-state index in [9.17, 15) is 4.79 Å². The molecule has 0 amide bonds. The summed E-state index contributed by atoms with van der Waals surface area (Å²) >= 11 is 1.84. The fourth-order valence-electron chi connectivity index (χ4n) is 2.14. The Labute approximate surface area is 135 Å². The second-order valence-corrected chi connectivity index (χ2v) is 6.18. The van der Waals surface area contributed by atoms with E-state index in [2.05, 4.69) is 12.1 Å². The Bertz CT molecular complexity index is 591. The van der Waals surface area contributed by atoms with Gasteiger partial charge in [-0.15, -0.1) is 11.8 Å². The molecule has 22 heavy (non-hydrogen) atoms. The maximum Gasteiger partial charge on any atom is 0.307 e. The topological polar surface area (TPSA) is 46.5 Å². The molecule has 0 saturated carbocycles. The number of aryl methyl sites for hydroxylation is 1. The van der Waals surface area contributed by atoms with Crippen LogP contribution in [0, 0.1) is 0 Å². The number of aliphatic carboxylic acids is 1. The Morgan fingerprint density at radius 1 is 1.05 bits per heavy atom. The Hall–Kier alpha value is -1.94. The smallest absolute Gasteiger partial charge is 0.307 e. The number of hydrogen-bond donors (Lipinski definition) is 1. The lowest BCUT2D eigenvalue weighted by Crippen LogP contribution is -1.99. The minimum absolute atomic E-state index is 0.0909. The molecule has 0 bridgehead atoms. The number of rotatable bonds is 8. The highest BCUT2D eigenvalue weighted by Crippen LogP contribution is 2.22. The zero-order valence-corrected chi connectivity index (χ0v) is 13.4. The molecule has 0 atom stereocenters. The number of methoxy groups -OCH3 is 1. The maximum atomic E-state index is 10.6. The van der Waals surface area contributed by atoms with Gasteiger partial charge in [0.25, 0.3) is 0 Å². The van der Waals surface area contributed by atoms with Crippen LogP contribution in [0.15, 0.2) is 53.4 Å². The van der Waals surface area contributed by atoms with Crippen molar-refractivity contribution in [3.05, 3.63) is 59.7 Å². The minimum Gasteiger partial charge on any atom is -0.497 e.